The standard InChI is InChI=1S/C33H38FN7O2/c1-3-30(42)41-20-19-40(21-24(41)12-15-35)32-26-13-17-39(29-11-5-8-23-7-4-10-27(34)31(23)29)18-14-28(26)36-33(37-32)43-22-25-9-6-16-38(25)2/h3-5,7-8,10-11,24-25H,1,6,9,12-14,16-22H2,2H3/t24?,25-/m0/s1. The molecule has 10 heteroatoms. The van der Waals surface area contributed by atoms with Gasteiger partial charge >= 0.3 is 6.01 Å². The molecule has 1 unspecified atom stereocenters. The summed E-state index contributed by atoms with van der Waals surface area (Å²) < 4.78 is 21.3. The zero-order valence-electron chi connectivity index (χ0n) is 24.7. The first-order valence-corrected chi connectivity index (χ1v) is 15.2. The van der Waals surface area contributed by atoms with Crippen molar-refractivity contribution in [3.05, 3.63) is 66.1 Å². The number of rotatable bonds is 7. The molecule has 1 amide bonds. The summed E-state index contributed by atoms with van der Waals surface area (Å²) >= 11 is 0. The summed E-state index contributed by atoms with van der Waals surface area (Å²) in [5, 5.41) is 11.0. The second-order valence-corrected chi connectivity index (χ2v) is 11.6. The molecule has 3 aromatic rings. The molecule has 224 valence electrons. The van der Waals surface area contributed by atoms with Gasteiger partial charge in [0.15, 0.2) is 0 Å². The smallest absolute Gasteiger partial charge is 0.318 e. The zero-order valence-corrected chi connectivity index (χ0v) is 24.7. The Hall–Kier alpha value is -4.23. The zero-order chi connectivity index (χ0) is 29.9. The number of carbonyl (C=O) groups is 1. The second kappa shape index (κ2) is 12.6. The van der Waals surface area contributed by atoms with E-state index >= 15 is 4.39 Å². The van der Waals surface area contributed by atoms with Gasteiger partial charge in [0.1, 0.15) is 18.2 Å². The van der Waals surface area contributed by atoms with Gasteiger partial charge in [-0.2, -0.15) is 15.2 Å². The number of hydrogen-bond acceptors (Lipinski definition) is 8. The van der Waals surface area contributed by atoms with Crippen LogP contribution in [0.5, 0.6) is 6.01 Å². The number of likely N-dealkylation sites (tertiary alicyclic amines) is 1. The summed E-state index contributed by atoms with van der Waals surface area (Å²) in [4.78, 5) is 30.9. The van der Waals surface area contributed by atoms with Crippen LogP contribution in [-0.2, 0) is 17.6 Å². The number of nitriles is 1. The van der Waals surface area contributed by atoms with Crippen LogP contribution in [0.1, 0.15) is 30.5 Å². The van der Waals surface area contributed by atoms with Crippen molar-refractivity contribution in [3.8, 4) is 12.1 Å². The highest BCUT2D eigenvalue weighted by Crippen LogP contribution is 2.34. The van der Waals surface area contributed by atoms with Gasteiger partial charge in [-0.05, 0) is 56.4 Å². The Morgan fingerprint density at radius 1 is 1.09 bits per heavy atom. The maximum absolute atomic E-state index is 15.0. The second-order valence-electron chi connectivity index (χ2n) is 11.6. The normalized spacial score (nSPS) is 20.9. The number of nitrogens with zero attached hydrogens (tertiary/aromatic N) is 7. The maximum Gasteiger partial charge on any atom is 0.318 e. The lowest BCUT2D eigenvalue weighted by Crippen LogP contribution is -2.55. The molecular weight excluding hydrogens is 545 g/mol. The van der Waals surface area contributed by atoms with E-state index in [4.69, 9.17) is 14.7 Å². The van der Waals surface area contributed by atoms with Crippen LogP contribution in [0, 0.1) is 17.1 Å². The number of benzene rings is 2. The summed E-state index contributed by atoms with van der Waals surface area (Å²) in [5.74, 6) is 0.418. The Labute approximate surface area is 252 Å². The number of fused-ring (bicyclic) bond motifs is 2. The lowest BCUT2D eigenvalue weighted by molar-refractivity contribution is -0.128. The topological polar surface area (TPSA) is 88.8 Å². The Balaban J connectivity index is 1.32. The van der Waals surface area contributed by atoms with E-state index in [-0.39, 0.29) is 24.2 Å². The minimum atomic E-state index is -0.271. The third-order valence-corrected chi connectivity index (χ3v) is 9.12. The number of amides is 1. The number of ether oxygens (including phenoxy) is 1. The summed E-state index contributed by atoms with van der Waals surface area (Å²) in [7, 11) is 2.12. The molecule has 4 heterocycles. The van der Waals surface area contributed by atoms with Crippen LogP contribution >= 0.6 is 0 Å². The van der Waals surface area contributed by atoms with Crippen molar-refractivity contribution < 1.29 is 13.9 Å². The van der Waals surface area contributed by atoms with Crippen LogP contribution in [0.15, 0.2) is 49.1 Å². The molecule has 2 atom stereocenters. The van der Waals surface area contributed by atoms with Crippen molar-refractivity contribution in [3.63, 3.8) is 0 Å². The van der Waals surface area contributed by atoms with Gasteiger partial charge in [-0.15, -0.1) is 0 Å². The molecule has 43 heavy (non-hydrogen) atoms. The highest BCUT2D eigenvalue weighted by molar-refractivity contribution is 5.95. The van der Waals surface area contributed by atoms with Gasteiger partial charge in [-0.25, -0.2) is 4.39 Å². The third kappa shape index (κ3) is 5.87. The van der Waals surface area contributed by atoms with E-state index in [2.05, 4.69) is 34.4 Å². The van der Waals surface area contributed by atoms with E-state index < -0.39 is 0 Å². The summed E-state index contributed by atoms with van der Waals surface area (Å²) in [6.45, 7) is 8.12. The molecule has 0 bridgehead atoms. The van der Waals surface area contributed by atoms with Crippen molar-refractivity contribution in [2.75, 3.05) is 62.7 Å². The summed E-state index contributed by atoms with van der Waals surface area (Å²) in [6.07, 6.45) is 5.11. The molecule has 1 aromatic heterocycles. The molecule has 9 nitrogen and oxygen atoms in total. The van der Waals surface area contributed by atoms with Gasteiger partial charge in [0.2, 0.25) is 5.91 Å². The monoisotopic (exact) mass is 583 g/mol. The number of carbonyl (C=O) groups excluding carboxylic acids is 1. The van der Waals surface area contributed by atoms with Gasteiger partial charge in [-0.1, -0.05) is 30.8 Å². The van der Waals surface area contributed by atoms with Crippen molar-refractivity contribution in [1.29, 1.82) is 5.26 Å². The SMILES string of the molecule is C=CC(=O)N1CCN(c2nc(OC[C@@H]3CCCN3C)nc3c2CCN(c2cccc4cccc(F)c24)CC3)CC1CC#N. The minimum Gasteiger partial charge on any atom is -0.462 e. The average molecular weight is 584 g/mol. The minimum absolute atomic E-state index is 0.163. The number of hydrogen-bond donors (Lipinski definition) is 0. The number of piperazine rings is 1. The Kier molecular flexibility index (Phi) is 8.43. The molecule has 0 aliphatic carbocycles. The van der Waals surface area contributed by atoms with Gasteiger partial charge < -0.3 is 24.3 Å². The molecule has 3 aliphatic heterocycles. The van der Waals surface area contributed by atoms with E-state index in [1.165, 1.54) is 12.1 Å². The van der Waals surface area contributed by atoms with Crippen molar-refractivity contribution in [2.24, 2.45) is 0 Å². The number of aromatic nitrogens is 2. The molecule has 2 saturated heterocycles. The number of likely N-dealkylation sites (N-methyl/N-ethyl adjacent to an activating group) is 1. The van der Waals surface area contributed by atoms with E-state index in [1.54, 1.807) is 11.0 Å². The predicted octanol–water partition coefficient (Wildman–Crippen LogP) is 3.96. The maximum atomic E-state index is 15.0. The number of anilines is 2. The molecule has 2 aromatic carbocycles. The van der Waals surface area contributed by atoms with E-state index in [1.807, 2.05) is 24.3 Å². The van der Waals surface area contributed by atoms with E-state index in [9.17, 15) is 10.1 Å². The van der Waals surface area contributed by atoms with Crippen molar-refractivity contribution in [2.45, 2.75) is 44.2 Å². The molecule has 0 N–H and O–H groups in total. The summed E-state index contributed by atoms with van der Waals surface area (Å²) in [5.41, 5.74) is 2.86. The first-order valence-electron chi connectivity index (χ1n) is 15.2. The Morgan fingerprint density at radius 3 is 2.67 bits per heavy atom. The fourth-order valence-corrected chi connectivity index (χ4v) is 6.76. The van der Waals surface area contributed by atoms with Crippen LogP contribution < -0.4 is 14.5 Å². The quantitative estimate of drug-likeness (QED) is 0.387. The van der Waals surface area contributed by atoms with E-state index in [0.29, 0.717) is 69.6 Å². The Morgan fingerprint density at radius 2 is 1.91 bits per heavy atom. The molecular formula is C33H38FN7O2. The van der Waals surface area contributed by atoms with Gasteiger partial charge in [0.25, 0.3) is 0 Å². The Bertz CT molecular complexity index is 1550. The number of halogens is 1. The van der Waals surface area contributed by atoms with Crippen molar-refractivity contribution >= 4 is 28.2 Å². The molecule has 0 radical (unpaired) electrons. The summed E-state index contributed by atoms with van der Waals surface area (Å²) in [6, 6.07) is 13.8. The molecule has 2 fully saturated rings. The fourth-order valence-electron chi connectivity index (χ4n) is 6.76. The van der Waals surface area contributed by atoms with Gasteiger partial charge in [0.05, 0.1) is 24.2 Å². The highest BCUT2D eigenvalue weighted by Gasteiger charge is 2.33. The molecule has 3 aliphatic rings. The first kappa shape index (κ1) is 28.9. The van der Waals surface area contributed by atoms with Crippen LogP contribution in [0.2, 0.25) is 0 Å². The first-order chi connectivity index (χ1) is 21.0. The molecule has 0 spiro atoms. The molecule has 0 saturated carbocycles. The van der Waals surface area contributed by atoms with Crippen LogP contribution in [-0.4, -0.2) is 90.7 Å². The predicted molar refractivity (Wildman–Crippen MR) is 165 cm³/mol. The van der Waals surface area contributed by atoms with Crippen LogP contribution in [0.25, 0.3) is 10.8 Å². The highest BCUT2D eigenvalue weighted by atomic mass is 19.1. The molecule has 6 rings (SSSR count). The lowest BCUT2D eigenvalue weighted by Gasteiger charge is -2.41. The van der Waals surface area contributed by atoms with Crippen LogP contribution in [0.4, 0.5) is 15.9 Å². The van der Waals surface area contributed by atoms with E-state index in [0.717, 1.165) is 47.5 Å². The van der Waals surface area contributed by atoms with Gasteiger partial charge in [0, 0.05) is 61.8 Å². The lowest BCUT2D eigenvalue weighted by atomic mass is 10.1. The third-order valence-electron chi connectivity index (χ3n) is 9.12. The average Bonchev–Trinajstić information content (AvgIpc) is 3.31. The van der Waals surface area contributed by atoms with Crippen LogP contribution in [0.3, 0.4) is 0 Å². The van der Waals surface area contributed by atoms with Gasteiger partial charge in [-0.3, -0.25) is 4.79 Å². The van der Waals surface area contributed by atoms with Crippen molar-refractivity contribution in [1.82, 2.24) is 19.8 Å². The largest absolute Gasteiger partial charge is 0.462 e. The fraction of sp³-hybridized carbons (Fsp3) is 0.455.